The molecule has 0 aliphatic carbocycles. The van der Waals surface area contributed by atoms with E-state index in [9.17, 15) is 18.0 Å². The number of carbonyl (C=O) groups is 1. The van der Waals surface area contributed by atoms with E-state index in [0.717, 1.165) is 12.1 Å². The quantitative estimate of drug-likeness (QED) is 0.754. The average molecular weight is 370 g/mol. The van der Waals surface area contributed by atoms with Gasteiger partial charge in [0.25, 0.3) is 0 Å². The van der Waals surface area contributed by atoms with Gasteiger partial charge in [-0.2, -0.15) is 0 Å². The number of anilines is 1. The molecule has 0 fully saturated rings. The van der Waals surface area contributed by atoms with Crippen molar-refractivity contribution in [1.82, 2.24) is 9.38 Å². The molecule has 1 N–H and O–H groups in total. The summed E-state index contributed by atoms with van der Waals surface area (Å²) < 4.78 is 41.8. The number of benzene rings is 1. The fourth-order valence-corrected chi connectivity index (χ4v) is 2.51. The Kier molecular flexibility index (Phi) is 4.54. The average Bonchev–Trinajstić information content (AvgIpc) is 2.99. The Morgan fingerprint density at radius 1 is 1.20 bits per heavy atom. The molecule has 1 aromatic carbocycles. The van der Waals surface area contributed by atoms with Crippen LogP contribution in [-0.4, -0.2) is 21.7 Å². The third kappa shape index (κ3) is 4.21. The first-order valence-electron chi connectivity index (χ1n) is 7.08. The van der Waals surface area contributed by atoms with Crippen molar-refractivity contribution in [2.45, 2.75) is 12.8 Å². The molecule has 1 amide bonds. The second-order valence-corrected chi connectivity index (χ2v) is 5.49. The van der Waals surface area contributed by atoms with Gasteiger partial charge in [0.2, 0.25) is 5.91 Å². The highest BCUT2D eigenvalue weighted by Crippen LogP contribution is 2.24. The van der Waals surface area contributed by atoms with E-state index in [4.69, 9.17) is 11.6 Å². The first kappa shape index (κ1) is 17.1. The Morgan fingerprint density at radius 2 is 1.92 bits per heavy atom. The number of amides is 1. The highest BCUT2D eigenvalue weighted by molar-refractivity contribution is 6.31. The van der Waals surface area contributed by atoms with E-state index in [2.05, 4.69) is 15.0 Å². The number of imidazole rings is 1. The fraction of sp³-hybridized carbons (Fsp3) is 0.125. The van der Waals surface area contributed by atoms with Crippen molar-refractivity contribution in [2.24, 2.45) is 0 Å². The predicted octanol–water partition coefficient (Wildman–Crippen LogP) is 4.07. The number of pyridine rings is 1. The second-order valence-electron chi connectivity index (χ2n) is 5.08. The van der Waals surface area contributed by atoms with Gasteiger partial charge < -0.3 is 14.5 Å². The molecule has 0 saturated carbocycles. The number of hydrogen-bond acceptors (Lipinski definition) is 3. The van der Waals surface area contributed by atoms with E-state index in [-0.39, 0.29) is 18.1 Å². The molecule has 0 bridgehead atoms. The minimum absolute atomic E-state index is 0.0205. The SMILES string of the molecule is O=C(Cc1c(Cl)ccc2nccn12)Nc1ccc(OC(F)(F)F)cc1. The number of rotatable bonds is 4. The number of halogens is 4. The lowest BCUT2D eigenvalue weighted by molar-refractivity contribution is -0.274. The van der Waals surface area contributed by atoms with E-state index >= 15 is 0 Å². The first-order chi connectivity index (χ1) is 11.8. The minimum Gasteiger partial charge on any atom is -0.406 e. The highest BCUT2D eigenvalue weighted by Gasteiger charge is 2.30. The molecule has 0 aliphatic heterocycles. The number of hydrogen-bond donors (Lipinski definition) is 1. The van der Waals surface area contributed by atoms with E-state index < -0.39 is 6.36 Å². The van der Waals surface area contributed by atoms with Crippen LogP contribution < -0.4 is 10.1 Å². The Bertz CT molecular complexity index is 907. The standard InChI is InChI=1S/C16H11ClF3N3O2/c17-12-5-6-14-21-7-8-23(14)13(12)9-15(24)22-10-1-3-11(4-2-10)25-16(18,19)20/h1-8H,9H2,(H,22,24). The minimum atomic E-state index is -4.76. The molecular weight excluding hydrogens is 359 g/mol. The maximum Gasteiger partial charge on any atom is 0.573 e. The first-order valence-corrected chi connectivity index (χ1v) is 7.46. The smallest absolute Gasteiger partial charge is 0.406 e. The molecule has 0 spiro atoms. The van der Waals surface area contributed by atoms with Crippen molar-refractivity contribution in [2.75, 3.05) is 5.32 Å². The monoisotopic (exact) mass is 369 g/mol. The van der Waals surface area contributed by atoms with Crippen LogP contribution in [-0.2, 0) is 11.2 Å². The van der Waals surface area contributed by atoms with Gasteiger partial charge in [-0.3, -0.25) is 4.79 Å². The van der Waals surface area contributed by atoms with Gasteiger partial charge in [0, 0.05) is 18.1 Å². The summed E-state index contributed by atoms with van der Waals surface area (Å²) >= 11 is 6.14. The zero-order valence-electron chi connectivity index (χ0n) is 12.5. The lowest BCUT2D eigenvalue weighted by atomic mass is 10.2. The van der Waals surface area contributed by atoms with Gasteiger partial charge in [0.15, 0.2) is 0 Å². The van der Waals surface area contributed by atoms with E-state index in [1.165, 1.54) is 12.1 Å². The zero-order valence-corrected chi connectivity index (χ0v) is 13.3. The van der Waals surface area contributed by atoms with Crippen molar-refractivity contribution in [3.63, 3.8) is 0 Å². The third-order valence-corrected chi connectivity index (χ3v) is 3.66. The van der Waals surface area contributed by atoms with Gasteiger partial charge in [-0.05, 0) is 36.4 Å². The lowest BCUT2D eigenvalue weighted by Gasteiger charge is -2.11. The van der Waals surface area contributed by atoms with Crippen LogP contribution in [0, 0.1) is 0 Å². The molecule has 0 unspecified atom stereocenters. The molecule has 5 nitrogen and oxygen atoms in total. The number of fused-ring (bicyclic) bond motifs is 1. The summed E-state index contributed by atoms with van der Waals surface area (Å²) in [5.74, 6) is -0.732. The molecule has 9 heteroatoms. The van der Waals surface area contributed by atoms with Gasteiger partial charge in [0.05, 0.1) is 17.1 Å². The molecule has 2 aromatic heterocycles. The number of nitrogens with zero attached hydrogens (tertiary/aromatic N) is 2. The van der Waals surface area contributed by atoms with Crippen molar-refractivity contribution in [1.29, 1.82) is 0 Å². The summed E-state index contributed by atoms with van der Waals surface area (Å²) in [6.07, 6.45) is -1.50. The number of ether oxygens (including phenoxy) is 1. The summed E-state index contributed by atoms with van der Waals surface area (Å²) in [4.78, 5) is 16.3. The maximum atomic E-state index is 12.2. The summed E-state index contributed by atoms with van der Waals surface area (Å²) in [5.41, 5.74) is 1.56. The molecule has 3 aromatic rings. The number of carbonyl (C=O) groups excluding carboxylic acids is 1. The van der Waals surface area contributed by atoms with Crippen molar-refractivity contribution in [3.8, 4) is 5.75 Å². The summed E-state index contributed by atoms with van der Waals surface area (Å²) in [6.45, 7) is 0. The van der Waals surface area contributed by atoms with E-state index in [0.29, 0.717) is 22.1 Å². The van der Waals surface area contributed by atoms with Crippen LogP contribution >= 0.6 is 11.6 Å². The van der Waals surface area contributed by atoms with Crippen LogP contribution in [0.5, 0.6) is 5.75 Å². The summed E-state index contributed by atoms with van der Waals surface area (Å²) in [5, 5.41) is 3.01. The van der Waals surface area contributed by atoms with Crippen LogP contribution in [0.15, 0.2) is 48.8 Å². The maximum absolute atomic E-state index is 12.2. The van der Waals surface area contributed by atoms with Gasteiger partial charge in [-0.25, -0.2) is 4.98 Å². The summed E-state index contributed by atoms with van der Waals surface area (Å²) in [6, 6.07) is 8.25. The highest BCUT2D eigenvalue weighted by atomic mass is 35.5. The molecule has 25 heavy (non-hydrogen) atoms. The van der Waals surface area contributed by atoms with E-state index in [1.54, 1.807) is 28.9 Å². The van der Waals surface area contributed by atoms with Crippen molar-refractivity contribution >= 4 is 28.8 Å². The fourth-order valence-electron chi connectivity index (χ4n) is 2.29. The van der Waals surface area contributed by atoms with Gasteiger partial charge in [-0.15, -0.1) is 13.2 Å². The molecular formula is C16H11ClF3N3O2. The van der Waals surface area contributed by atoms with E-state index in [1.807, 2.05) is 0 Å². The van der Waals surface area contributed by atoms with Crippen LogP contribution in [0.1, 0.15) is 5.69 Å². The molecule has 0 aliphatic rings. The zero-order chi connectivity index (χ0) is 18.0. The normalized spacial score (nSPS) is 11.5. The Balaban J connectivity index is 1.70. The van der Waals surface area contributed by atoms with Gasteiger partial charge >= 0.3 is 6.36 Å². The number of nitrogens with one attached hydrogen (secondary N) is 1. The van der Waals surface area contributed by atoms with Crippen molar-refractivity contribution in [3.05, 3.63) is 59.5 Å². The molecule has 3 rings (SSSR count). The number of alkyl halides is 3. The molecule has 0 radical (unpaired) electrons. The van der Waals surface area contributed by atoms with Crippen LogP contribution in [0.4, 0.5) is 18.9 Å². The molecule has 0 saturated heterocycles. The lowest BCUT2D eigenvalue weighted by Crippen LogP contribution is -2.18. The Morgan fingerprint density at radius 3 is 2.60 bits per heavy atom. The van der Waals surface area contributed by atoms with Gasteiger partial charge in [-0.1, -0.05) is 11.6 Å². The van der Waals surface area contributed by atoms with Crippen LogP contribution in [0.3, 0.4) is 0 Å². The third-order valence-electron chi connectivity index (χ3n) is 3.31. The van der Waals surface area contributed by atoms with Gasteiger partial charge in [0.1, 0.15) is 11.4 Å². The Labute approximate surface area is 145 Å². The molecule has 0 atom stereocenters. The summed E-state index contributed by atoms with van der Waals surface area (Å²) in [7, 11) is 0. The largest absolute Gasteiger partial charge is 0.573 e. The molecule has 2 heterocycles. The Hall–Kier alpha value is -2.74. The molecule has 130 valence electrons. The second kappa shape index (κ2) is 6.64. The number of aromatic nitrogens is 2. The topological polar surface area (TPSA) is 55.6 Å². The van der Waals surface area contributed by atoms with Crippen LogP contribution in [0.25, 0.3) is 5.65 Å². The van der Waals surface area contributed by atoms with Crippen LogP contribution in [0.2, 0.25) is 5.02 Å². The van der Waals surface area contributed by atoms with Crippen molar-refractivity contribution < 1.29 is 22.7 Å². The predicted molar refractivity (Wildman–Crippen MR) is 85.7 cm³/mol.